The fourth-order valence-electron chi connectivity index (χ4n) is 3.35. The predicted octanol–water partition coefficient (Wildman–Crippen LogP) is 7.24. The molecule has 1 unspecified atom stereocenters. The topological polar surface area (TPSA) is 32.7 Å². The molecular weight excluding hydrogens is 511 g/mol. The van der Waals surface area contributed by atoms with Gasteiger partial charge in [0, 0.05) is 17.1 Å². The van der Waals surface area contributed by atoms with E-state index in [1.165, 1.54) is 17.0 Å². The summed E-state index contributed by atoms with van der Waals surface area (Å²) in [6.07, 6.45) is -14.4. The smallest absolute Gasteiger partial charge is 0.428 e. The Kier molecular flexibility index (Phi) is 8.78. The van der Waals surface area contributed by atoms with E-state index in [1.54, 1.807) is 36.0 Å². The Morgan fingerprint density at radius 1 is 0.889 bits per heavy atom. The molecule has 0 spiro atoms. The third-order valence-corrected chi connectivity index (χ3v) is 5.95. The highest BCUT2D eigenvalue weighted by molar-refractivity contribution is 7.98. The van der Waals surface area contributed by atoms with Crippen LogP contribution in [0.15, 0.2) is 77.7 Å². The summed E-state index contributed by atoms with van der Waals surface area (Å²) in [6, 6.07) is 19.0. The van der Waals surface area contributed by atoms with Crippen molar-refractivity contribution in [2.24, 2.45) is 0 Å². The number of anilines is 1. The zero-order chi connectivity index (χ0) is 26.5. The lowest BCUT2D eigenvalue weighted by Gasteiger charge is -2.29. The van der Waals surface area contributed by atoms with Crippen molar-refractivity contribution in [3.63, 3.8) is 0 Å². The number of aliphatic hydroxyl groups excluding tert-OH is 1. The third-order valence-electron chi connectivity index (χ3n) is 5.21. The Morgan fingerprint density at radius 3 is 2.00 bits per heavy atom. The highest BCUT2D eigenvalue weighted by Crippen LogP contribution is 2.31. The van der Waals surface area contributed by atoms with Crippen LogP contribution in [-0.2, 0) is 6.54 Å². The fourth-order valence-corrected chi connectivity index (χ4v) is 3.76. The lowest BCUT2D eigenvalue weighted by molar-refractivity contribution is -0.253. The zero-order valence-corrected chi connectivity index (χ0v) is 19.7. The van der Waals surface area contributed by atoms with E-state index >= 15 is 0 Å². The highest BCUT2D eigenvalue weighted by atomic mass is 32.2. The van der Waals surface area contributed by atoms with Gasteiger partial charge in [0.2, 0.25) is 0 Å². The molecule has 0 aromatic heterocycles. The number of alkyl halides is 7. The molecule has 0 amide bonds. The molecule has 0 fully saturated rings. The summed E-state index contributed by atoms with van der Waals surface area (Å²) in [6.45, 7) is -1.09. The van der Waals surface area contributed by atoms with Crippen LogP contribution in [0, 0.1) is 0 Å². The van der Waals surface area contributed by atoms with Crippen molar-refractivity contribution in [1.29, 1.82) is 0 Å². The van der Waals surface area contributed by atoms with Gasteiger partial charge in [-0.1, -0.05) is 36.4 Å². The van der Waals surface area contributed by atoms with Crippen LogP contribution >= 0.6 is 11.8 Å². The molecule has 0 aliphatic heterocycles. The molecule has 0 bridgehead atoms. The number of aliphatic hydroxyl groups is 1. The number of halogens is 7. The second kappa shape index (κ2) is 11.4. The molecule has 194 valence electrons. The monoisotopic (exact) mass is 533 g/mol. The molecule has 36 heavy (non-hydrogen) atoms. The van der Waals surface area contributed by atoms with Gasteiger partial charge >= 0.3 is 18.7 Å². The van der Waals surface area contributed by atoms with Crippen molar-refractivity contribution in [3.05, 3.63) is 78.4 Å². The van der Waals surface area contributed by atoms with Crippen molar-refractivity contribution >= 4 is 17.4 Å². The summed E-state index contributed by atoms with van der Waals surface area (Å²) in [5.74, 6) is -0.571. The van der Waals surface area contributed by atoms with Gasteiger partial charge in [0.05, 0.1) is 6.54 Å². The van der Waals surface area contributed by atoms with Gasteiger partial charge < -0.3 is 14.7 Å². The van der Waals surface area contributed by atoms with Crippen LogP contribution in [0.25, 0.3) is 11.1 Å². The Morgan fingerprint density at radius 2 is 1.47 bits per heavy atom. The van der Waals surface area contributed by atoms with Gasteiger partial charge in [0.25, 0.3) is 0 Å². The number of thioether (sulfide) groups is 1. The van der Waals surface area contributed by atoms with E-state index in [0.29, 0.717) is 5.69 Å². The Labute approximate surface area is 207 Å². The molecule has 0 radical (unpaired) electrons. The van der Waals surface area contributed by atoms with Gasteiger partial charge in [-0.25, -0.2) is 0 Å². The largest absolute Gasteiger partial charge is 0.461 e. The van der Waals surface area contributed by atoms with E-state index in [1.807, 2.05) is 30.5 Å². The average Bonchev–Trinajstić information content (AvgIpc) is 2.83. The summed E-state index contributed by atoms with van der Waals surface area (Å²) < 4.78 is 94.8. The van der Waals surface area contributed by atoms with E-state index in [4.69, 9.17) is 0 Å². The average molecular weight is 534 g/mol. The Bertz CT molecular complexity index is 1120. The van der Waals surface area contributed by atoms with Crippen LogP contribution in [0.2, 0.25) is 0 Å². The molecule has 0 saturated heterocycles. The first-order valence-corrected chi connectivity index (χ1v) is 11.8. The molecule has 3 aromatic carbocycles. The van der Waals surface area contributed by atoms with Crippen molar-refractivity contribution in [2.75, 3.05) is 17.7 Å². The number of benzene rings is 3. The van der Waals surface area contributed by atoms with Gasteiger partial charge in [0.15, 0.2) is 6.10 Å². The normalized spacial score (nSPS) is 13.1. The molecule has 0 heterocycles. The van der Waals surface area contributed by atoms with Crippen molar-refractivity contribution in [3.8, 4) is 16.9 Å². The minimum absolute atomic E-state index is 0.212. The first-order valence-electron chi connectivity index (χ1n) is 10.6. The Hall–Kier alpha value is -2.92. The number of ether oxygens (including phenoxy) is 1. The SMILES string of the molecule is CSc1ccc(-c2ccc(N(Cc3cccc(OC(F)(F)C(F)F)c3)CC(O)C(F)(F)F)cc2)cc1. The maximum absolute atomic E-state index is 13.3. The molecule has 3 nitrogen and oxygen atoms in total. The van der Waals surface area contributed by atoms with Crippen LogP contribution in [0.5, 0.6) is 5.75 Å². The first kappa shape index (κ1) is 27.7. The van der Waals surface area contributed by atoms with Crippen molar-refractivity contribution in [1.82, 2.24) is 0 Å². The zero-order valence-electron chi connectivity index (χ0n) is 18.9. The van der Waals surface area contributed by atoms with Crippen LogP contribution in [0.1, 0.15) is 5.56 Å². The summed E-state index contributed by atoms with van der Waals surface area (Å²) in [4.78, 5) is 2.28. The van der Waals surface area contributed by atoms with E-state index in [2.05, 4.69) is 4.74 Å². The molecule has 0 saturated carbocycles. The third kappa shape index (κ3) is 7.30. The number of hydrogen-bond acceptors (Lipinski definition) is 4. The predicted molar refractivity (Wildman–Crippen MR) is 125 cm³/mol. The summed E-state index contributed by atoms with van der Waals surface area (Å²) in [5.41, 5.74) is 2.24. The molecule has 3 aromatic rings. The van der Waals surface area contributed by atoms with Gasteiger partial charge in [-0.05, 0) is 59.3 Å². The van der Waals surface area contributed by atoms with Crippen molar-refractivity contribution in [2.45, 2.75) is 36.3 Å². The summed E-state index contributed by atoms with van der Waals surface area (Å²) in [7, 11) is 0. The van der Waals surface area contributed by atoms with Crippen LogP contribution in [0.3, 0.4) is 0 Å². The van der Waals surface area contributed by atoms with Gasteiger partial charge in [0.1, 0.15) is 5.75 Å². The molecule has 0 aliphatic carbocycles. The molecule has 1 atom stereocenters. The maximum atomic E-state index is 13.3. The summed E-state index contributed by atoms with van der Waals surface area (Å²) in [5, 5.41) is 9.67. The van der Waals surface area contributed by atoms with Gasteiger partial charge in [-0.3, -0.25) is 0 Å². The van der Waals surface area contributed by atoms with E-state index < -0.39 is 37.1 Å². The second-order valence-corrected chi connectivity index (χ2v) is 8.70. The quantitative estimate of drug-likeness (QED) is 0.220. The van der Waals surface area contributed by atoms with Crippen LogP contribution in [-0.4, -0.2) is 42.7 Å². The number of hydrogen-bond donors (Lipinski definition) is 1. The number of rotatable bonds is 10. The lowest BCUT2D eigenvalue weighted by atomic mass is 10.0. The fraction of sp³-hybridized carbons (Fsp3) is 0.280. The molecule has 0 aliphatic rings. The first-order chi connectivity index (χ1) is 16.9. The van der Waals surface area contributed by atoms with Gasteiger partial charge in [-0.2, -0.15) is 30.7 Å². The highest BCUT2D eigenvalue weighted by Gasteiger charge is 2.44. The van der Waals surface area contributed by atoms with Gasteiger partial charge in [-0.15, -0.1) is 11.8 Å². The maximum Gasteiger partial charge on any atom is 0.461 e. The van der Waals surface area contributed by atoms with Crippen molar-refractivity contribution < 1.29 is 40.6 Å². The minimum atomic E-state index is -4.89. The van der Waals surface area contributed by atoms with E-state index in [-0.39, 0.29) is 12.1 Å². The van der Waals surface area contributed by atoms with Crippen LogP contribution in [0.4, 0.5) is 36.4 Å². The molecule has 11 heteroatoms. The van der Waals surface area contributed by atoms with E-state index in [9.17, 15) is 35.8 Å². The molecular formula is C25H22F7NO2S. The summed E-state index contributed by atoms with van der Waals surface area (Å²) >= 11 is 1.58. The Balaban J connectivity index is 1.86. The second-order valence-electron chi connectivity index (χ2n) is 7.83. The van der Waals surface area contributed by atoms with E-state index in [0.717, 1.165) is 28.2 Å². The van der Waals surface area contributed by atoms with Crippen LogP contribution < -0.4 is 9.64 Å². The lowest BCUT2D eigenvalue weighted by Crippen LogP contribution is -2.40. The minimum Gasteiger partial charge on any atom is -0.428 e. The molecule has 1 N–H and O–H groups in total. The standard InChI is InChI=1S/C25H22F7NO2S/c1-36-21-11-7-18(8-12-21)17-5-9-19(10-6-17)33(15-22(34)24(28,29)30)14-16-3-2-4-20(13-16)35-25(31,32)23(26)27/h2-13,22-23,34H,14-15H2,1H3. The number of nitrogens with zero attached hydrogens (tertiary/aromatic N) is 1. The molecule has 3 rings (SSSR count).